The summed E-state index contributed by atoms with van der Waals surface area (Å²) < 4.78 is 1.53. The molecule has 0 atom stereocenters. The number of carbonyl (C=O) groups excluding carboxylic acids is 1. The molecule has 138 valence electrons. The highest BCUT2D eigenvalue weighted by Crippen LogP contribution is 2.20. The Labute approximate surface area is 162 Å². The first-order valence-corrected chi connectivity index (χ1v) is 8.99. The van der Waals surface area contributed by atoms with Gasteiger partial charge in [-0.2, -0.15) is 0 Å². The average molecular weight is 369 g/mol. The van der Waals surface area contributed by atoms with E-state index >= 15 is 0 Å². The fourth-order valence-electron chi connectivity index (χ4n) is 3.16. The molecule has 2 aromatic carbocycles. The predicted molar refractivity (Wildman–Crippen MR) is 111 cm³/mol. The fourth-order valence-corrected chi connectivity index (χ4v) is 3.16. The molecule has 1 N–H and O–H groups in total. The molecule has 0 aliphatic carbocycles. The minimum absolute atomic E-state index is 0.159. The number of benzene rings is 2. The van der Waals surface area contributed by atoms with Gasteiger partial charge < -0.3 is 5.32 Å². The number of carbonyl (C=O) groups is 1. The van der Waals surface area contributed by atoms with Gasteiger partial charge in [0.15, 0.2) is 0 Å². The highest BCUT2D eigenvalue weighted by molar-refractivity contribution is 6.12. The number of pyridine rings is 2. The van der Waals surface area contributed by atoms with Crippen LogP contribution >= 0.6 is 0 Å². The normalized spacial score (nSPS) is 10.8. The van der Waals surface area contributed by atoms with Gasteiger partial charge in [-0.15, -0.1) is 0 Å². The first kappa shape index (κ1) is 17.7. The SMILES string of the molecule is Cc1ccc(-n2cc(C(=O)Nc3ccccn3)c3ccccc3c2=O)cc1C. The molecule has 0 saturated carbocycles. The summed E-state index contributed by atoms with van der Waals surface area (Å²) in [5, 5.41) is 3.91. The topological polar surface area (TPSA) is 64.0 Å². The molecule has 0 saturated heterocycles. The Kier molecular flexibility index (Phi) is 4.49. The highest BCUT2D eigenvalue weighted by atomic mass is 16.2. The van der Waals surface area contributed by atoms with E-state index in [9.17, 15) is 9.59 Å². The second kappa shape index (κ2) is 7.12. The van der Waals surface area contributed by atoms with E-state index in [0.29, 0.717) is 22.2 Å². The molecule has 0 aliphatic rings. The van der Waals surface area contributed by atoms with Crippen molar-refractivity contribution < 1.29 is 4.79 Å². The highest BCUT2D eigenvalue weighted by Gasteiger charge is 2.16. The minimum Gasteiger partial charge on any atom is -0.306 e. The van der Waals surface area contributed by atoms with E-state index in [1.165, 1.54) is 4.57 Å². The van der Waals surface area contributed by atoms with Crippen molar-refractivity contribution in [3.63, 3.8) is 0 Å². The number of hydrogen-bond acceptors (Lipinski definition) is 3. The number of rotatable bonds is 3. The zero-order valence-corrected chi connectivity index (χ0v) is 15.6. The summed E-state index contributed by atoms with van der Waals surface area (Å²) >= 11 is 0. The first-order valence-electron chi connectivity index (χ1n) is 8.99. The van der Waals surface area contributed by atoms with Crippen molar-refractivity contribution in [3.8, 4) is 5.69 Å². The van der Waals surface area contributed by atoms with Crippen LogP contribution < -0.4 is 10.9 Å². The van der Waals surface area contributed by atoms with Crippen LogP contribution in [-0.4, -0.2) is 15.5 Å². The van der Waals surface area contributed by atoms with Gasteiger partial charge in [-0.05, 0) is 55.3 Å². The first-order chi connectivity index (χ1) is 13.5. The third-order valence-corrected chi connectivity index (χ3v) is 4.84. The zero-order chi connectivity index (χ0) is 19.7. The molecule has 0 unspecified atom stereocenters. The molecule has 0 spiro atoms. The van der Waals surface area contributed by atoms with E-state index < -0.39 is 0 Å². The number of nitrogens with zero attached hydrogens (tertiary/aromatic N) is 2. The lowest BCUT2D eigenvalue weighted by molar-refractivity contribution is 0.102. The summed E-state index contributed by atoms with van der Waals surface area (Å²) in [6.45, 7) is 4.02. The Bertz CT molecular complexity index is 1240. The second-order valence-electron chi connectivity index (χ2n) is 6.70. The van der Waals surface area contributed by atoms with Crippen molar-refractivity contribution in [2.45, 2.75) is 13.8 Å². The number of hydrogen-bond donors (Lipinski definition) is 1. The third kappa shape index (κ3) is 3.18. The molecule has 0 bridgehead atoms. The van der Waals surface area contributed by atoms with Gasteiger partial charge in [0.05, 0.1) is 5.56 Å². The summed E-state index contributed by atoms with van der Waals surface area (Å²) in [6.07, 6.45) is 3.22. The molecular weight excluding hydrogens is 350 g/mol. The van der Waals surface area contributed by atoms with Crippen LogP contribution in [-0.2, 0) is 0 Å². The van der Waals surface area contributed by atoms with E-state index in [1.54, 1.807) is 48.8 Å². The van der Waals surface area contributed by atoms with Crippen LogP contribution in [0, 0.1) is 13.8 Å². The number of fused-ring (bicyclic) bond motifs is 1. The molecule has 0 aliphatic heterocycles. The van der Waals surface area contributed by atoms with Gasteiger partial charge in [-0.3, -0.25) is 14.2 Å². The van der Waals surface area contributed by atoms with E-state index in [-0.39, 0.29) is 11.5 Å². The Morgan fingerprint density at radius 1 is 0.929 bits per heavy atom. The third-order valence-electron chi connectivity index (χ3n) is 4.84. The van der Waals surface area contributed by atoms with Crippen LogP contribution in [0.25, 0.3) is 16.5 Å². The van der Waals surface area contributed by atoms with Crippen molar-refractivity contribution in [2.75, 3.05) is 5.32 Å². The summed E-state index contributed by atoms with van der Waals surface area (Å²) in [7, 11) is 0. The molecule has 5 heteroatoms. The Balaban J connectivity index is 1.90. The van der Waals surface area contributed by atoms with Crippen LogP contribution in [0.4, 0.5) is 5.82 Å². The van der Waals surface area contributed by atoms with Gasteiger partial charge in [0.2, 0.25) is 0 Å². The summed E-state index contributed by atoms with van der Waals surface area (Å²) in [6, 6.07) is 18.3. The number of aryl methyl sites for hydroxylation is 2. The van der Waals surface area contributed by atoms with E-state index in [1.807, 2.05) is 38.1 Å². The van der Waals surface area contributed by atoms with Gasteiger partial charge in [-0.1, -0.05) is 30.3 Å². The van der Waals surface area contributed by atoms with Crippen molar-refractivity contribution in [2.24, 2.45) is 0 Å². The largest absolute Gasteiger partial charge is 0.306 e. The molecule has 28 heavy (non-hydrogen) atoms. The van der Waals surface area contributed by atoms with Crippen molar-refractivity contribution in [3.05, 3.63) is 100 Å². The molecular formula is C23H19N3O2. The number of anilines is 1. The van der Waals surface area contributed by atoms with Gasteiger partial charge in [0.25, 0.3) is 11.5 Å². The van der Waals surface area contributed by atoms with Crippen LogP contribution in [0.2, 0.25) is 0 Å². The zero-order valence-electron chi connectivity index (χ0n) is 15.6. The van der Waals surface area contributed by atoms with Crippen molar-refractivity contribution >= 4 is 22.5 Å². The van der Waals surface area contributed by atoms with Crippen LogP contribution in [0.3, 0.4) is 0 Å². The van der Waals surface area contributed by atoms with Gasteiger partial charge >= 0.3 is 0 Å². The smallest absolute Gasteiger partial charge is 0.262 e. The van der Waals surface area contributed by atoms with Crippen LogP contribution in [0.15, 0.2) is 77.9 Å². The lowest BCUT2D eigenvalue weighted by atomic mass is 10.1. The fraction of sp³-hybridized carbons (Fsp3) is 0.0870. The molecule has 4 aromatic rings. The molecule has 4 rings (SSSR count). The van der Waals surface area contributed by atoms with E-state index in [4.69, 9.17) is 0 Å². The van der Waals surface area contributed by atoms with Gasteiger partial charge in [0.1, 0.15) is 5.82 Å². The standard InChI is InChI=1S/C23H19N3O2/c1-15-10-11-17(13-16(15)2)26-14-20(18-7-3-4-8-19(18)23(26)28)22(27)25-21-9-5-6-12-24-21/h3-14H,1-2H3,(H,24,25,27). The minimum atomic E-state index is -0.313. The molecule has 0 fully saturated rings. The van der Waals surface area contributed by atoms with Crippen molar-refractivity contribution in [1.82, 2.24) is 9.55 Å². The Morgan fingerprint density at radius 2 is 1.68 bits per heavy atom. The number of nitrogens with one attached hydrogen (secondary N) is 1. The summed E-state index contributed by atoms with van der Waals surface area (Å²) in [4.78, 5) is 30.2. The molecule has 2 heterocycles. The summed E-state index contributed by atoms with van der Waals surface area (Å²) in [5.41, 5.74) is 3.21. The average Bonchev–Trinajstić information content (AvgIpc) is 2.71. The lowest BCUT2D eigenvalue weighted by Crippen LogP contribution is -2.23. The molecule has 0 radical (unpaired) electrons. The maximum absolute atomic E-state index is 13.1. The van der Waals surface area contributed by atoms with E-state index in [2.05, 4.69) is 10.3 Å². The molecule has 5 nitrogen and oxygen atoms in total. The van der Waals surface area contributed by atoms with Gasteiger partial charge in [-0.25, -0.2) is 4.98 Å². The number of aromatic nitrogens is 2. The van der Waals surface area contributed by atoms with Crippen LogP contribution in [0.1, 0.15) is 21.5 Å². The quantitative estimate of drug-likeness (QED) is 0.587. The van der Waals surface area contributed by atoms with Crippen molar-refractivity contribution in [1.29, 1.82) is 0 Å². The molecule has 2 aromatic heterocycles. The van der Waals surface area contributed by atoms with E-state index in [0.717, 1.165) is 16.8 Å². The Morgan fingerprint density at radius 3 is 2.39 bits per heavy atom. The Hall–Kier alpha value is -3.73. The molecule has 1 amide bonds. The maximum atomic E-state index is 13.1. The number of amides is 1. The monoisotopic (exact) mass is 369 g/mol. The van der Waals surface area contributed by atoms with Crippen LogP contribution in [0.5, 0.6) is 0 Å². The predicted octanol–water partition coefficient (Wildman–Crippen LogP) is 4.25. The lowest BCUT2D eigenvalue weighted by Gasteiger charge is -2.13. The van der Waals surface area contributed by atoms with Gasteiger partial charge in [0, 0.05) is 28.9 Å². The second-order valence-corrected chi connectivity index (χ2v) is 6.70. The maximum Gasteiger partial charge on any atom is 0.262 e. The summed E-state index contributed by atoms with van der Waals surface area (Å²) in [5.74, 6) is 0.146.